The van der Waals surface area contributed by atoms with E-state index < -0.39 is 5.60 Å². The monoisotopic (exact) mass is 288 g/mol. The Bertz CT molecular complexity index is 382. The van der Waals surface area contributed by atoms with Crippen LogP contribution in [0, 0.1) is 5.92 Å². The van der Waals surface area contributed by atoms with Crippen LogP contribution < -0.4 is 0 Å². The summed E-state index contributed by atoms with van der Waals surface area (Å²) < 4.78 is 0. The second-order valence-electron chi connectivity index (χ2n) is 6.79. The van der Waals surface area contributed by atoms with E-state index in [1.807, 2.05) is 6.07 Å². The lowest BCUT2D eigenvalue weighted by atomic mass is 9.84. The van der Waals surface area contributed by atoms with Gasteiger partial charge in [0.1, 0.15) is 0 Å². The molecular weight excluding hydrogens is 256 g/mol. The van der Waals surface area contributed by atoms with Gasteiger partial charge in [-0.15, -0.1) is 0 Å². The molecule has 0 aromatic heterocycles. The largest absolute Gasteiger partial charge is 0.385 e. The number of aliphatic hydroxyl groups is 1. The highest BCUT2D eigenvalue weighted by atomic mass is 16.3. The van der Waals surface area contributed by atoms with Crippen LogP contribution in [0.3, 0.4) is 0 Å². The van der Waals surface area contributed by atoms with Gasteiger partial charge in [-0.2, -0.15) is 0 Å². The van der Waals surface area contributed by atoms with Crippen molar-refractivity contribution < 1.29 is 5.11 Å². The molecule has 1 aromatic carbocycles. The van der Waals surface area contributed by atoms with E-state index in [2.05, 4.69) is 31.2 Å². The normalized spacial score (nSPS) is 17.6. The fourth-order valence-corrected chi connectivity index (χ4v) is 3.40. The molecule has 0 saturated heterocycles. The predicted octanol–water partition coefficient (Wildman–Crippen LogP) is 5.82. The highest BCUT2D eigenvalue weighted by Gasteiger charge is 2.44. The summed E-state index contributed by atoms with van der Waals surface area (Å²) in [5, 5.41) is 11.1. The molecule has 1 N–H and O–H groups in total. The van der Waals surface area contributed by atoms with E-state index in [4.69, 9.17) is 0 Å². The maximum Gasteiger partial charge on any atom is 0.0924 e. The Morgan fingerprint density at radius 3 is 2.05 bits per heavy atom. The second kappa shape index (κ2) is 8.58. The SMILES string of the molecule is CCCCCCCCCCC(O)(c1ccccc1)C1CC1. The summed E-state index contributed by atoms with van der Waals surface area (Å²) in [5.41, 5.74) is 0.583. The first-order valence-electron chi connectivity index (χ1n) is 9.05. The molecule has 1 unspecified atom stereocenters. The van der Waals surface area contributed by atoms with E-state index in [0.717, 1.165) is 18.4 Å². The van der Waals surface area contributed by atoms with E-state index in [1.165, 1.54) is 57.8 Å². The van der Waals surface area contributed by atoms with E-state index in [1.54, 1.807) is 0 Å². The van der Waals surface area contributed by atoms with Crippen molar-refractivity contribution in [2.24, 2.45) is 5.92 Å². The van der Waals surface area contributed by atoms with Crippen molar-refractivity contribution >= 4 is 0 Å². The Hall–Kier alpha value is -0.820. The maximum absolute atomic E-state index is 11.1. The topological polar surface area (TPSA) is 20.2 Å². The maximum atomic E-state index is 11.1. The molecule has 0 spiro atoms. The third kappa shape index (κ3) is 5.14. The predicted molar refractivity (Wildman–Crippen MR) is 90.3 cm³/mol. The summed E-state index contributed by atoms with van der Waals surface area (Å²) in [5.74, 6) is 0.504. The van der Waals surface area contributed by atoms with Gasteiger partial charge >= 0.3 is 0 Å². The van der Waals surface area contributed by atoms with Crippen LogP contribution in [0.25, 0.3) is 0 Å². The molecule has 1 aliphatic carbocycles. The van der Waals surface area contributed by atoms with Gasteiger partial charge in [0.05, 0.1) is 5.60 Å². The van der Waals surface area contributed by atoms with E-state index in [0.29, 0.717) is 5.92 Å². The zero-order chi connectivity index (χ0) is 15.0. The fourth-order valence-electron chi connectivity index (χ4n) is 3.40. The molecule has 1 aromatic rings. The molecular formula is C20H32O. The first kappa shape index (κ1) is 16.5. The number of unbranched alkanes of at least 4 members (excludes halogenated alkanes) is 7. The van der Waals surface area contributed by atoms with Gasteiger partial charge in [-0.1, -0.05) is 88.6 Å². The summed E-state index contributed by atoms with van der Waals surface area (Å²) >= 11 is 0. The molecule has 21 heavy (non-hydrogen) atoms. The summed E-state index contributed by atoms with van der Waals surface area (Å²) in [7, 11) is 0. The van der Waals surface area contributed by atoms with Crippen LogP contribution in [-0.2, 0) is 5.60 Å². The molecule has 0 bridgehead atoms. The molecule has 0 aliphatic heterocycles. The van der Waals surface area contributed by atoms with Gasteiger partial charge in [-0.25, -0.2) is 0 Å². The summed E-state index contributed by atoms with van der Waals surface area (Å²) in [6, 6.07) is 10.3. The number of hydrogen-bond donors (Lipinski definition) is 1. The molecule has 1 atom stereocenters. The van der Waals surface area contributed by atoms with Gasteiger partial charge in [0.25, 0.3) is 0 Å². The molecule has 1 nitrogen and oxygen atoms in total. The van der Waals surface area contributed by atoms with Crippen molar-refractivity contribution in [1.82, 2.24) is 0 Å². The highest BCUT2D eigenvalue weighted by Crippen LogP contribution is 2.48. The molecule has 0 radical (unpaired) electrons. The Kier molecular flexibility index (Phi) is 6.76. The van der Waals surface area contributed by atoms with Crippen LogP contribution in [0.5, 0.6) is 0 Å². The highest BCUT2D eigenvalue weighted by molar-refractivity contribution is 5.24. The fraction of sp³-hybridized carbons (Fsp3) is 0.700. The summed E-state index contributed by atoms with van der Waals surface area (Å²) in [6.07, 6.45) is 14.0. The Morgan fingerprint density at radius 2 is 1.48 bits per heavy atom. The Labute approximate surface area is 130 Å². The summed E-state index contributed by atoms with van der Waals surface area (Å²) in [4.78, 5) is 0. The van der Waals surface area contributed by atoms with Crippen LogP contribution in [-0.4, -0.2) is 5.11 Å². The minimum atomic E-state index is -0.552. The van der Waals surface area contributed by atoms with Gasteiger partial charge in [0.15, 0.2) is 0 Å². The lowest BCUT2D eigenvalue weighted by Gasteiger charge is -2.29. The van der Waals surface area contributed by atoms with Crippen molar-refractivity contribution in [3.8, 4) is 0 Å². The molecule has 1 fully saturated rings. The van der Waals surface area contributed by atoms with Gasteiger partial charge in [-0.3, -0.25) is 0 Å². The minimum absolute atomic E-state index is 0.504. The van der Waals surface area contributed by atoms with E-state index in [-0.39, 0.29) is 0 Å². The van der Waals surface area contributed by atoms with Crippen LogP contribution in [0.4, 0.5) is 0 Å². The second-order valence-corrected chi connectivity index (χ2v) is 6.79. The average molecular weight is 288 g/mol. The van der Waals surface area contributed by atoms with Crippen molar-refractivity contribution in [3.63, 3.8) is 0 Å². The van der Waals surface area contributed by atoms with E-state index >= 15 is 0 Å². The molecule has 1 saturated carbocycles. The van der Waals surface area contributed by atoms with E-state index in [9.17, 15) is 5.11 Å². The van der Waals surface area contributed by atoms with Gasteiger partial charge < -0.3 is 5.11 Å². The molecule has 1 heteroatoms. The van der Waals surface area contributed by atoms with Crippen molar-refractivity contribution in [2.75, 3.05) is 0 Å². The third-order valence-corrected chi connectivity index (χ3v) is 4.94. The first-order chi connectivity index (χ1) is 10.3. The molecule has 2 rings (SSSR count). The lowest BCUT2D eigenvalue weighted by Crippen LogP contribution is -2.28. The smallest absolute Gasteiger partial charge is 0.0924 e. The van der Waals surface area contributed by atoms with Crippen LogP contribution >= 0.6 is 0 Å². The lowest BCUT2D eigenvalue weighted by molar-refractivity contribution is 0.00159. The Balaban J connectivity index is 1.69. The van der Waals surface area contributed by atoms with Crippen molar-refractivity contribution in [1.29, 1.82) is 0 Å². The van der Waals surface area contributed by atoms with Crippen LogP contribution in [0.15, 0.2) is 30.3 Å². The van der Waals surface area contributed by atoms with Crippen LogP contribution in [0.1, 0.15) is 83.1 Å². The first-order valence-corrected chi connectivity index (χ1v) is 9.05. The van der Waals surface area contributed by atoms with Crippen LogP contribution in [0.2, 0.25) is 0 Å². The number of hydrogen-bond acceptors (Lipinski definition) is 1. The number of benzene rings is 1. The summed E-state index contributed by atoms with van der Waals surface area (Å²) in [6.45, 7) is 2.27. The third-order valence-electron chi connectivity index (χ3n) is 4.94. The van der Waals surface area contributed by atoms with Gasteiger partial charge in [0.2, 0.25) is 0 Å². The van der Waals surface area contributed by atoms with Gasteiger partial charge in [-0.05, 0) is 30.7 Å². The van der Waals surface area contributed by atoms with Gasteiger partial charge in [0, 0.05) is 0 Å². The Morgan fingerprint density at radius 1 is 0.905 bits per heavy atom. The number of rotatable bonds is 11. The average Bonchev–Trinajstić information content (AvgIpc) is 3.36. The zero-order valence-corrected chi connectivity index (χ0v) is 13.7. The zero-order valence-electron chi connectivity index (χ0n) is 13.7. The minimum Gasteiger partial charge on any atom is -0.385 e. The molecule has 118 valence electrons. The standard InChI is InChI=1S/C20H32O/c1-2-3-4-5-6-7-8-12-17-20(21,19-15-16-19)18-13-10-9-11-14-18/h9-11,13-14,19,21H,2-8,12,15-17H2,1H3. The van der Waals surface area contributed by atoms with Crippen molar-refractivity contribution in [2.45, 2.75) is 83.2 Å². The quantitative estimate of drug-likeness (QED) is 0.509. The molecule has 0 amide bonds. The molecule has 0 heterocycles. The van der Waals surface area contributed by atoms with Crippen molar-refractivity contribution in [3.05, 3.63) is 35.9 Å². The molecule has 1 aliphatic rings.